The zero-order valence-electron chi connectivity index (χ0n) is 15.7. The molecule has 0 spiro atoms. The van der Waals surface area contributed by atoms with Gasteiger partial charge in [-0.2, -0.15) is 0 Å². The number of halogens is 2. The maximum absolute atomic E-state index is 12.9. The summed E-state index contributed by atoms with van der Waals surface area (Å²) in [6, 6.07) is 10.7. The molecule has 0 fully saturated rings. The lowest BCUT2D eigenvalue weighted by Crippen LogP contribution is -2.18. The second-order valence-electron chi connectivity index (χ2n) is 6.37. The van der Waals surface area contributed by atoms with Gasteiger partial charge < -0.3 is 10.1 Å². The maximum Gasteiger partial charge on any atom is 0.225 e. The summed E-state index contributed by atoms with van der Waals surface area (Å²) in [5, 5.41) is 4.73. The van der Waals surface area contributed by atoms with Crippen LogP contribution in [0, 0.1) is 11.6 Å². The standard InChI is InChI=1S/C20H18F2N2O4S2/c21-14-1-5-16(6-2-14)23-19(25)9-10-30(26,27)13-17-12-29-20(24-17)11-28-18-7-3-15(22)4-8-18/h1-8,12H,9-11,13H2,(H,23,25). The van der Waals surface area contributed by atoms with Gasteiger partial charge in [-0.05, 0) is 48.5 Å². The van der Waals surface area contributed by atoms with Gasteiger partial charge in [0.05, 0.1) is 17.2 Å². The Hall–Kier alpha value is -2.85. The van der Waals surface area contributed by atoms with Crippen LogP contribution >= 0.6 is 11.3 Å². The van der Waals surface area contributed by atoms with E-state index >= 15 is 0 Å². The van der Waals surface area contributed by atoms with Gasteiger partial charge in [0.2, 0.25) is 5.91 Å². The molecule has 0 saturated heterocycles. The SMILES string of the molecule is O=C(CCS(=O)(=O)Cc1csc(COc2ccc(F)cc2)n1)Nc1ccc(F)cc1. The molecule has 6 nitrogen and oxygen atoms in total. The number of rotatable bonds is 9. The first-order valence-corrected chi connectivity index (χ1v) is 11.6. The summed E-state index contributed by atoms with van der Waals surface area (Å²) in [5.74, 6) is -1.41. The van der Waals surface area contributed by atoms with Crippen molar-refractivity contribution < 1.29 is 26.7 Å². The Morgan fingerprint density at radius 3 is 2.33 bits per heavy atom. The molecule has 3 rings (SSSR count). The topological polar surface area (TPSA) is 85.4 Å². The lowest BCUT2D eigenvalue weighted by molar-refractivity contribution is -0.115. The number of carbonyl (C=O) groups excluding carboxylic acids is 1. The molecule has 1 amide bonds. The highest BCUT2D eigenvalue weighted by molar-refractivity contribution is 7.90. The van der Waals surface area contributed by atoms with E-state index in [1.807, 2.05) is 0 Å². The van der Waals surface area contributed by atoms with Crippen LogP contribution in [-0.2, 0) is 27.0 Å². The molecule has 0 aliphatic carbocycles. The fourth-order valence-electron chi connectivity index (χ4n) is 2.46. The van der Waals surface area contributed by atoms with E-state index in [1.54, 1.807) is 5.38 Å². The van der Waals surface area contributed by atoms with E-state index in [4.69, 9.17) is 4.74 Å². The summed E-state index contributed by atoms with van der Waals surface area (Å²) < 4.78 is 55.8. The number of anilines is 1. The van der Waals surface area contributed by atoms with Crippen LogP contribution < -0.4 is 10.1 Å². The van der Waals surface area contributed by atoms with Gasteiger partial charge in [-0.15, -0.1) is 11.3 Å². The summed E-state index contributed by atoms with van der Waals surface area (Å²) in [5.41, 5.74) is 0.765. The average molecular weight is 453 g/mol. The van der Waals surface area contributed by atoms with E-state index in [1.165, 1.54) is 59.9 Å². The van der Waals surface area contributed by atoms with Crippen molar-refractivity contribution in [2.45, 2.75) is 18.8 Å². The van der Waals surface area contributed by atoms with E-state index < -0.39 is 21.6 Å². The minimum Gasteiger partial charge on any atom is -0.486 e. The number of aromatic nitrogens is 1. The maximum atomic E-state index is 12.9. The molecule has 1 aromatic heterocycles. The number of nitrogens with zero attached hydrogens (tertiary/aromatic N) is 1. The number of amides is 1. The fourth-order valence-corrected chi connectivity index (χ4v) is 4.51. The number of thiazole rings is 1. The lowest BCUT2D eigenvalue weighted by Gasteiger charge is -2.06. The monoisotopic (exact) mass is 452 g/mol. The number of carbonyl (C=O) groups is 1. The molecule has 2 aromatic carbocycles. The van der Waals surface area contributed by atoms with Gasteiger partial charge in [-0.25, -0.2) is 22.2 Å². The first-order valence-electron chi connectivity index (χ1n) is 8.86. The molecule has 0 atom stereocenters. The Balaban J connectivity index is 1.47. The van der Waals surface area contributed by atoms with Gasteiger partial charge >= 0.3 is 0 Å². The first-order chi connectivity index (χ1) is 14.3. The van der Waals surface area contributed by atoms with Crippen molar-refractivity contribution in [2.75, 3.05) is 11.1 Å². The van der Waals surface area contributed by atoms with Gasteiger partial charge in [0, 0.05) is 17.5 Å². The Morgan fingerprint density at radius 1 is 1.03 bits per heavy atom. The van der Waals surface area contributed by atoms with E-state index in [0.717, 1.165) is 0 Å². The van der Waals surface area contributed by atoms with Crippen molar-refractivity contribution in [1.82, 2.24) is 4.98 Å². The van der Waals surface area contributed by atoms with E-state index in [-0.39, 0.29) is 30.4 Å². The molecule has 3 aromatic rings. The predicted octanol–water partition coefficient (Wildman–Crippen LogP) is 3.94. The molecule has 0 aliphatic heterocycles. The molecule has 1 heterocycles. The van der Waals surface area contributed by atoms with E-state index in [0.29, 0.717) is 22.1 Å². The smallest absolute Gasteiger partial charge is 0.225 e. The number of nitrogens with one attached hydrogen (secondary N) is 1. The Kier molecular flexibility index (Phi) is 7.11. The highest BCUT2D eigenvalue weighted by Crippen LogP contribution is 2.17. The number of hydrogen-bond acceptors (Lipinski definition) is 6. The normalized spacial score (nSPS) is 11.3. The molecule has 0 aliphatic rings. The zero-order valence-corrected chi connectivity index (χ0v) is 17.3. The van der Waals surface area contributed by atoms with E-state index in [2.05, 4.69) is 10.3 Å². The van der Waals surface area contributed by atoms with Crippen molar-refractivity contribution in [2.24, 2.45) is 0 Å². The summed E-state index contributed by atoms with van der Waals surface area (Å²) >= 11 is 1.26. The van der Waals surface area contributed by atoms with Crippen molar-refractivity contribution in [3.8, 4) is 5.75 Å². The minimum absolute atomic E-state index is 0.135. The van der Waals surface area contributed by atoms with Crippen LogP contribution in [0.15, 0.2) is 53.9 Å². The van der Waals surface area contributed by atoms with Gasteiger partial charge in [-0.3, -0.25) is 4.79 Å². The molecule has 30 heavy (non-hydrogen) atoms. The summed E-state index contributed by atoms with van der Waals surface area (Å²) in [4.78, 5) is 16.2. The second kappa shape index (κ2) is 9.77. The molecule has 0 radical (unpaired) electrons. The fraction of sp³-hybridized carbons (Fsp3) is 0.200. The van der Waals surface area contributed by atoms with E-state index in [9.17, 15) is 22.0 Å². The second-order valence-corrected chi connectivity index (χ2v) is 9.50. The highest BCUT2D eigenvalue weighted by atomic mass is 32.2. The minimum atomic E-state index is -3.55. The summed E-state index contributed by atoms with van der Waals surface area (Å²) in [7, 11) is -3.55. The summed E-state index contributed by atoms with van der Waals surface area (Å²) in [6.07, 6.45) is -0.218. The lowest BCUT2D eigenvalue weighted by atomic mass is 10.3. The van der Waals surface area contributed by atoms with Gasteiger partial charge in [0.1, 0.15) is 29.0 Å². The number of hydrogen-bond donors (Lipinski definition) is 1. The van der Waals surface area contributed by atoms with Crippen molar-refractivity contribution in [1.29, 1.82) is 0 Å². The van der Waals surface area contributed by atoms with Crippen LogP contribution in [0.1, 0.15) is 17.1 Å². The van der Waals surface area contributed by atoms with Gasteiger partial charge in [0.25, 0.3) is 0 Å². The van der Waals surface area contributed by atoms with Crippen molar-refractivity contribution in [3.63, 3.8) is 0 Å². The largest absolute Gasteiger partial charge is 0.486 e. The highest BCUT2D eigenvalue weighted by Gasteiger charge is 2.17. The number of benzene rings is 2. The average Bonchev–Trinajstić information content (AvgIpc) is 3.14. The zero-order chi connectivity index (χ0) is 21.6. The van der Waals surface area contributed by atoms with Crippen LogP contribution in [0.3, 0.4) is 0 Å². The van der Waals surface area contributed by atoms with Crippen LogP contribution in [0.4, 0.5) is 14.5 Å². The van der Waals surface area contributed by atoms with Crippen molar-refractivity contribution in [3.05, 3.63) is 76.2 Å². The molecule has 10 heteroatoms. The number of sulfone groups is 1. The van der Waals surface area contributed by atoms with Crippen molar-refractivity contribution >= 4 is 32.8 Å². The summed E-state index contributed by atoms with van der Waals surface area (Å²) in [6.45, 7) is 0.135. The third-order valence-electron chi connectivity index (χ3n) is 3.91. The molecular formula is C20H18F2N2O4S2. The third kappa shape index (κ3) is 6.89. The predicted molar refractivity (Wildman–Crippen MR) is 110 cm³/mol. The third-order valence-corrected chi connectivity index (χ3v) is 6.34. The molecule has 0 bridgehead atoms. The molecule has 0 unspecified atom stereocenters. The molecular weight excluding hydrogens is 434 g/mol. The van der Waals surface area contributed by atoms with Gasteiger partial charge in [-0.1, -0.05) is 0 Å². The quantitative estimate of drug-likeness (QED) is 0.532. The van der Waals surface area contributed by atoms with Crippen LogP contribution in [-0.4, -0.2) is 25.1 Å². The number of ether oxygens (including phenoxy) is 1. The Labute approximate surface area is 176 Å². The molecule has 158 valence electrons. The first kappa shape index (κ1) is 21.8. The Morgan fingerprint density at radius 2 is 1.67 bits per heavy atom. The molecule has 0 saturated carbocycles. The molecule has 1 N–H and O–H groups in total. The Bertz CT molecular complexity index is 1100. The van der Waals surface area contributed by atoms with Crippen LogP contribution in [0.2, 0.25) is 0 Å². The van der Waals surface area contributed by atoms with Gasteiger partial charge in [0.15, 0.2) is 9.84 Å². The van der Waals surface area contributed by atoms with Crippen LogP contribution in [0.5, 0.6) is 5.75 Å². The van der Waals surface area contributed by atoms with Crippen LogP contribution in [0.25, 0.3) is 0 Å².